The summed E-state index contributed by atoms with van der Waals surface area (Å²) in [5.41, 5.74) is -0.231. The van der Waals surface area contributed by atoms with Crippen molar-refractivity contribution in [3.8, 4) is 0 Å². The Morgan fingerprint density at radius 2 is 2.21 bits per heavy atom. The molecule has 1 heterocycles. The second-order valence-electron chi connectivity index (χ2n) is 4.42. The molecule has 100 valence electrons. The van der Waals surface area contributed by atoms with Crippen LogP contribution in [0.25, 0.3) is 0 Å². The molecule has 2 rings (SSSR count). The lowest BCUT2D eigenvalue weighted by atomic mass is 9.98. The smallest absolute Gasteiger partial charge is 0.407 e. The average molecular weight is 261 g/mol. The summed E-state index contributed by atoms with van der Waals surface area (Å²) in [4.78, 5) is 23.0. The summed E-state index contributed by atoms with van der Waals surface area (Å²) >= 11 is 0. The van der Waals surface area contributed by atoms with Crippen LogP contribution in [-0.2, 0) is 9.47 Å². The number of rotatable bonds is 5. The second-order valence-corrected chi connectivity index (χ2v) is 4.42. The van der Waals surface area contributed by atoms with E-state index >= 15 is 0 Å². The number of hydrogen-bond donors (Lipinski definition) is 1. The van der Waals surface area contributed by atoms with Crippen molar-refractivity contribution < 1.29 is 19.1 Å². The zero-order chi connectivity index (χ0) is 13.7. The maximum atomic E-state index is 11.8. The monoisotopic (exact) mass is 261 g/mol. The molecular formula is C14H15NO4. The van der Waals surface area contributed by atoms with Gasteiger partial charge in [-0.15, -0.1) is 6.58 Å². The van der Waals surface area contributed by atoms with E-state index in [2.05, 4.69) is 11.9 Å². The third-order valence-corrected chi connectivity index (χ3v) is 2.87. The van der Waals surface area contributed by atoms with Gasteiger partial charge in [-0.3, -0.25) is 0 Å². The lowest BCUT2D eigenvalue weighted by molar-refractivity contribution is 0.0373. The van der Waals surface area contributed by atoms with Crippen LogP contribution in [0.2, 0.25) is 0 Å². The summed E-state index contributed by atoms with van der Waals surface area (Å²) in [6.45, 7) is 3.85. The van der Waals surface area contributed by atoms with Gasteiger partial charge in [-0.25, -0.2) is 9.59 Å². The first kappa shape index (κ1) is 13.1. The number of ether oxygens (including phenoxy) is 2. The van der Waals surface area contributed by atoms with Crippen molar-refractivity contribution in [2.24, 2.45) is 0 Å². The molecule has 0 radical (unpaired) electrons. The maximum Gasteiger partial charge on any atom is 0.407 e. The maximum absolute atomic E-state index is 11.8. The topological polar surface area (TPSA) is 64.6 Å². The van der Waals surface area contributed by atoms with Gasteiger partial charge >= 0.3 is 12.1 Å². The molecule has 0 aromatic heterocycles. The highest BCUT2D eigenvalue weighted by molar-refractivity contribution is 5.89. The van der Waals surface area contributed by atoms with Gasteiger partial charge in [0, 0.05) is 0 Å². The van der Waals surface area contributed by atoms with E-state index in [9.17, 15) is 9.59 Å². The predicted octanol–water partition coefficient (Wildman–Crippen LogP) is 1.90. The van der Waals surface area contributed by atoms with Crippen LogP contribution >= 0.6 is 0 Å². The van der Waals surface area contributed by atoms with Gasteiger partial charge in [0.1, 0.15) is 18.8 Å². The fourth-order valence-electron chi connectivity index (χ4n) is 1.88. The Bertz CT molecular complexity index is 485. The number of nitrogens with one attached hydrogen (secondary N) is 1. The molecule has 0 saturated carbocycles. The van der Waals surface area contributed by atoms with E-state index in [4.69, 9.17) is 9.47 Å². The van der Waals surface area contributed by atoms with Crippen molar-refractivity contribution >= 4 is 12.1 Å². The van der Waals surface area contributed by atoms with Gasteiger partial charge in [0.15, 0.2) is 0 Å². The fourth-order valence-corrected chi connectivity index (χ4v) is 1.88. The standard InChI is InChI=1S/C14H15NO4/c1-2-8-14(10-19-13(17)15-14)9-18-12(16)11-6-4-3-5-7-11/h2-7H,1,8-10H2,(H,15,17)/t14-/m0/s1. The van der Waals surface area contributed by atoms with Crippen molar-refractivity contribution in [1.29, 1.82) is 0 Å². The Labute approximate surface area is 111 Å². The first-order valence-electron chi connectivity index (χ1n) is 5.93. The Hall–Kier alpha value is -2.30. The summed E-state index contributed by atoms with van der Waals surface area (Å²) in [7, 11) is 0. The zero-order valence-electron chi connectivity index (χ0n) is 10.4. The lowest BCUT2D eigenvalue weighted by Crippen LogP contribution is -2.47. The van der Waals surface area contributed by atoms with Crippen molar-refractivity contribution in [2.45, 2.75) is 12.0 Å². The van der Waals surface area contributed by atoms with Crippen LogP contribution in [0, 0.1) is 0 Å². The van der Waals surface area contributed by atoms with Crippen LogP contribution in [-0.4, -0.2) is 30.8 Å². The molecule has 1 fully saturated rings. The lowest BCUT2D eigenvalue weighted by Gasteiger charge is -2.24. The van der Waals surface area contributed by atoms with Crippen LogP contribution < -0.4 is 5.32 Å². The van der Waals surface area contributed by atoms with Crippen molar-refractivity contribution in [3.63, 3.8) is 0 Å². The molecule has 1 atom stereocenters. The Kier molecular flexibility index (Phi) is 3.85. The quantitative estimate of drug-likeness (QED) is 0.649. The van der Waals surface area contributed by atoms with E-state index in [0.717, 1.165) is 0 Å². The van der Waals surface area contributed by atoms with Crippen molar-refractivity contribution in [3.05, 3.63) is 48.6 Å². The SMILES string of the molecule is C=CC[C@]1(COC(=O)c2ccccc2)COC(=O)N1. The molecule has 1 N–H and O–H groups in total. The first-order valence-corrected chi connectivity index (χ1v) is 5.93. The number of alkyl carbamates (subject to hydrolysis) is 1. The molecule has 19 heavy (non-hydrogen) atoms. The minimum Gasteiger partial charge on any atom is -0.459 e. The number of cyclic esters (lactones) is 1. The predicted molar refractivity (Wildman–Crippen MR) is 68.8 cm³/mol. The molecule has 5 heteroatoms. The normalized spacial score (nSPS) is 21.4. The summed E-state index contributed by atoms with van der Waals surface area (Å²) < 4.78 is 10.1. The van der Waals surface area contributed by atoms with Crippen molar-refractivity contribution in [1.82, 2.24) is 5.32 Å². The highest BCUT2D eigenvalue weighted by Crippen LogP contribution is 2.19. The van der Waals surface area contributed by atoms with E-state index in [1.165, 1.54) is 0 Å². The number of esters is 1. The summed E-state index contributed by atoms with van der Waals surface area (Å²) in [6, 6.07) is 8.69. The van der Waals surface area contributed by atoms with Gasteiger partial charge in [0.2, 0.25) is 0 Å². The van der Waals surface area contributed by atoms with Gasteiger partial charge in [0.05, 0.1) is 5.56 Å². The minimum absolute atomic E-state index is 0.0541. The summed E-state index contributed by atoms with van der Waals surface area (Å²) in [5.74, 6) is -0.426. The number of benzene rings is 1. The van der Waals surface area contributed by atoms with Gasteiger partial charge in [-0.1, -0.05) is 24.3 Å². The second kappa shape index (κ2) is 5.56. The van der Waals surface area contributed by atoms with E-state index in [-0.39, 0.29) is 13.2 Å². The van der Waals surface area contributed by atoms with E-state index in [1.54, 1.807) is 30.3 Å². The fraction of sp³-hybridized carbons (Fsp3) is 0.286. The molecule has 0 unspecified atom stereocenters. The number of carbonyl (C=O) groups is 2. The van der Waals surface area contributed by atoms with Gasteiger partial charge in [0.25, 0.3) is 0 Å². The summed E-state index contributed by atoms with van der Waals surface area (Å²) in [6.07, 6.45) is 1.63. The van der Waals surface area contributed by atoms with E-state index in [0.29, 0.717) is 12.0 Å². The molecule has 1 aliphatic rings. The molecule has 5 nitrogen and oxygen atoms in total. The van der Waals surface area contributed by atoms with Crippen LogP contribution in [0.1, 0.15) is 16.8 Å². The molecule has 0 aliphatic carbocycles. The highest BCUT2D eigenvalue weighted by Gasteiger charge is 2.39. The molecular weight excluding hydrogens is 246 g/mol. The number of hydrogen-bond acceptors (Lipinski definition) is 4. The number of amides is 1. The van der Waals surface area contributed by atoms with Crippen LogP contribution in [0.5, 0.6) is 0 Å². The largest absolute Gasteiger partial charge is 0.459 e. The van der Waals surface area contributed by atoms with Crippen LogP contribution in [0.4, 0.5) is 4.79 Å². The average Bonchev–Trinajstić information content (AvgIpc) is 2.79. The Morgan fingerprint density at radius 3 is 2.79 bits per heavy atom. The summed E-state index contributed by atoms with van der Waals surface area (Å²) in [5, 5.41) is 2.67. The van der Waals surface area contributed by atoms with Crippen molar-refractivity contribution in [2.75, 3.05) is 13.2 Å². The molecule has 0 bridgehead atoms. The Morgan fingerprint density at radius 1 is 1.47 bits per heavy atom. The molecule has 1 aromatic carbocycles. The first-order chi connectivity index (χ1) is 9.15. The van der Waals surface area contributed by atoms with E-state index in [1.807, 2.05) is 6.07 Å². The minimum atomic E-state index is -0.705. The van der Waals surface area contributed by atoms with Gasteiger partial charge < -0.3 is 14.8 Å². The third-order valence-electron chi connectivity index (χ3n) is 2.87. The molecule has 1 saturated heterocycles. The van der Waals surface area contributed by atoms with Gasteiger partial charge in [-0.2, -0.15) is 0 Å². The zero-order valence-corrected chi connectivity index (χ0v) is 10.4. The number of carbonyl (C=O) groups excluding carboxylic acids is 2. The highest BCUT2D eigenvalue weighted by atomic mass is 16.6. The molecule has 1 amide bonds. The van der Waals surface area contributed by atoms with Crippen LogP contribution in [0.3, 0.4) is 0 Å². The molecule has 1 aromatic rings. The molecule has 0 spiro atoms. The van der Waals surface area contributed by atoms with Gasteiger partial charge in [-0.05, 0) is 18.6 Å². The Balaban J connectivity index is 1.98. The van der Waals surface area contributed by atoms with Crippen LogP contribution in [0.15, 0.2) is 43.0 Å². The molecule has 1 aliphatic heterocycles. The van der Waals surface area contributed by atoms with E-state index < -0.39 is 17.6 Å². The third kappa shape index (κ3) is 3.13.